The molecule has 0 aromatic heterocycles. The molecule has 114 valence electrons. The SMILES string of the molecule is CC(C)(C)CC(=O)OC(C)(C)C12CC3CC(CC1C3)C2. The van der Waals surface area contributed by atoms with Gasteiger partial charge in [-0.25, -0.2) is 0 Å². The van der Waals surface area contributed by atoms with Crippen LogP contribution in [0.4, 0.5) is 0 Å². The van der Waals surface area contributed by atoms with Gasteiger partial charge in [0.2, 0.25) is 0 Å². The Morgan fingerprint density at radius 1 is 1.05 bits per heavy atom. The van der Waals surface area contributed by atoms with Crippen LogP contribution in [-0.4, -0.2) is 11.6 Å². The monoisotopic (exact) mass is 278 g/mol. The zero-order valence-corrected chi connectivity index (χ0v) is 13.8. The average Bonchev–Trinajstić information content (AvgIpc) is 2.61. The highest BCUT2D eigenvalue weighted by molar-refractivity contribution is 5.70. The van der Waals surface area contributed by atoms with Gasteiger partial charge in [0.25, 0.3) is 0 Å². The number of rotatable bonds is 3. The molecular weight excluding hydrogens is 248 g/mol. The largest absolute Gasteiger partial charge is 0.459 e. The Bertz CT molecular complexity index is 402. The summed E-state index contributed by atoms with van der Waals surface area (Å²) in [4.78, 5) is 12.3. The third-order valence-electron chi connectivity index (χ3n) is 6.23. The summed E-state index contributed by atoms with van der Waals surface area (Å²) in [7, 11) is 0. The van der Waals surface area contributed by atoms with Crippen LogP contribution < -0.4 is 0 Å². The number of esters is 1. The molecule has 0 aliphatic heterocycles. The van der Waals surface area contributed by atoms with Crippen molar-refractivity contribution in [1.29, 1.82) is 0 Å². The van der Waals surface area contributed by atoms with Crippen LogP contribution in [0.25, 0.3) is 0 Å². The normalized spacial score (nSPS) is 39.4. The van der Waals surface area contributed by atoms with Gasteiger partial charge in [-0.05, 0) is 69.1 Å². The van der Waals surface area contributed by atoms with Crippen LogP contribution >= 0.6 is 0 Å². The van der Waals surface area contributed by atoms with E-state index < -0.39 is 0 Å². The van der Waals surface area contributed by atoms with Crippen molar-refractivity contribution in [3.63, 3.8) is 0 Å². The molecule has 4 fully saturated rings. The summed E-state index contributed by atoms with van der Waals surface area (Å²) in [6.45, 7) is 10.7. The van der Waals surface area contributed by atoms with Crippen molar-refractivity contribution >= 4 is 5.97 Å². The van der Waals surface area contributed by atoms with Gasteiger partial charge < -0.3 is 4.74 Å². The predicted molar refractivity (Wildman–Crippen MR) is 80.2 cm³/mol. The van der Waals surface area contributed by atoms with E-state index in [9.17, 15) is 4.79 Å². The summed E-state index contributed by atoms with van der Waals surface area (Å²) in [5, 5.41) is 0. The Morgan fingerprint density at radius 2 is 1.60 bits per heavy atom. The van der Waals surface area contributed by atoms with Crippen LogP contribution in [-0.2, 0) is 9.53 Å². The summed E-state index contributed by atoms with van der Waals surface area (Å²) >= 11 is 0. The molecule has 2 unspecified atom stereocenters. The summed E-state index contributed by atoms with van der Waals surface area (Å²) in [5.74, 6) is 2.62. The van der Waals surface area contributed by atoms with Gasteiger partial charge in [0, 0.05) is 5.41 Å². The van der Waals surface area contributed by atoms with Crippen molar-refractivity contribution in [3.05, 3.63) is 0 Å². The van der Waals surface area contributed by atoms with E-state index in [1.165, 1.54) is 32.1 Å². The lowest BCUT2D eigenvalue weighted by molar-refractivity contribution is -0.176. The first kappa shape index (κ1) is 14.4. The third-order valence-corrected chi connectivity index (χ3v) is 6.23. The minimum Gasteiger partial charge on any atom is -0.459 e. The lowest BCUT2D eigenvalue weighted by atomic mass is 9.65. The molecule has 2 heteroatoms. The van der Waals surface area contributed by atoms with Gasteiger partial charge in [-0.3, -0.25) is 4.79 Å². The van der Waals surface area contributed by atoms with Crippen LogP contribution in [0.3, 0.4) is 0 Å². The Balaban J connectivity index is 1.74. The molecule has 4 rings (SSSR count). The van der Waals surface area contributed by atoms with Gasteiger partial charge in [-0.15, -0.1) is 0 Å². The Kier molecular flexibility index (Phi) is 3.05. The third kappa shape index (κ3) is 2.19. The van der Waals surface area contributed by atoms with Crippen LogP contribution in [0, 0.1) is 28.6 Å². The maximum absolute atomic E-state index is 12.3. The lowest BCUT2D eigenvalue weighted by Crippen LogP contribution is -2.48. The van der Waals surface area contributed by atoms with Gasteiger partial charge in [-0.1, -0.05) is 20.8 Å². The second kappa shape index (κ2) is 4.24. The Labute approximate surface area is 123 Å². The summed E-state index contributed by atoms with van der Waals surface area (Å²) in [6.07, 6.45) is 7.32. The van der Waals surface area contributed by atoms with Crippen molar-refractivity contribution in [1.82, 2.24) is 0 Å². The second-order valence-corrected chi connectivity index (χ2v) is 9.42. The van der Waals surface area contributed by atoms with Crippen molar-refractivity contribution in [2.24, 2.45) is 28.6 Å². The highest BCUT2D eigenvalue weighted by Crippen LogP contribution is 2.69. The molecule has 2 atom stereocenters. The lowest BCUT2D eigenvalue weighted by Gasteiger charge is -2.46. The van der Waals surface area contributed by atoms with Gasteiger partial charge in [-0.2, -0.15) is 0 Å². The van der Waals surface area contributed by atoms with Gasteiger partial charge in [0.05, 0.1) is 6.42 Å². The summed E-state index contributed by atoms with van der Waals surface area (Å²) in [5.41, 5.74) is 0.00969. The zero-order chi connectivity index (χ0) is 14.8. The Morgan fingerprint density at radius 3 is 2.10 bits per heavy atom. The fourth-order valence-corrected chi connectivity index (χ4v) is 5.63. The van der Waals surface area contributed by atoms with Crippen molar-refractivity contribution < 1.29 is 9.53 Å². The number of hydrogen-bond acceptors (Lipinski definition) is 2. The van der Waals surface area contributed by atoms with Crippen molar-refractivity contribution in [2.45, 2.75) is 78.7 Å². The van der Waals surface area contributed by atoms with E-state index in [0.717, 1.165) is 17.8 Å². The number of hydrogen-bond donors (Lipinski definition) is 0. The van der Waals surface area contributed by atoms with Crippen LogP contribution in [0.15, 0.2) is 0 Å². The molecule has 4 bridgehead atoms. The maximum atomic E-state index is 12.3. The smallest absolute Gasteiger partial charge is 0.306 e. The minimum atomic E-state index is -0.288. The van der Waals surface area contributed by atoms with Gasteiger partial charge in [0.15, 0.2) is 0 Å². The van der Waals surface area contributed by atoms with Crippen LogP contribution in [0.1, 0.15) is 73.1 Å². The molecule has 0 radical (unpaired) electrons. The van der Waals surface area contributed by atoms with Gasteiger partial charge >= 0.3 is 5.97 Å². The number of carbonyl (C=O) groups excluding carboxylic acids is 1. The van der Waals surface area contributed by atoms with Crippen LogP contribution in [0.2, 0.25) is 0 Å². The van der Waals surface area contributed by atoms with E-state index in [4.69, 9.17) is 4.74 Å². The first-order chi connectivity index (χ1) is 9.11. The first-order valence-electron chi connectivity index (χ1n) is 8.33. The highest BCUT2D eigenvalue weighted by Gasteiger charge is 2.64. The summed E-state index contributed by atoms with van der Waals surface area (Å²) in [6, 6.07) is 0. The van der Waals surface area contributed by atoms with E-state index in [1.807, 2.05) is 0 Å². The van der Waals surface area contributed by atoms with Crippen molar-refractivity contribution in [2.75, 3.05) is 0 Å². The topological polar surface area (TPSA) is 26.3 Å². The van der Waals surface area contributed by atoms with E-state index in [0.29, 0.717) is 6.42 Å². The van der Waals surface area contributed by atoms with E-state index >= 15 is 0 Å². The average molecular weight is 278 g/mol. The molecule has 0 amide bonds. The van der Waals surface area contributed by atoms with Gasteiger partial charge in [0.1, 0.15) is 5.60 Å². The van der Waals surface area contributed by atoms with Crippen LogP contribution in [0.5, 0.6) is 0 Å². The van der Waals surface area contributed by atoms with Crippen molar-refractivity contribution in [3.8, 4) is 0 Å². The molecule has 0 aromatic rings. The quantitative estimate of drug-likeness (QED) is 0.707. The molecule has 0 N–H and O–H groups in total. The molecule has 4 saturated carbocycles. The standard InChI is InChI=1S/C18H30O2/c1-16(2,3)11-15(19)20-17(4,5)18-9-12-6-13(10-18)8-14(18)7-12/h12-14H,6-11H2,1-5H3. The van der Waals surface area contributed by atoms with E-state index in [1.54, 1.807) is 0 Å². The predicted octanol–water partition coefficient (Wildman–Crippen LogP) is 4.57. The summed E-state index contributed by atoms with van der Waals surface area (Å²) < 4.78 is 6.03. The minimum absolute atomic E-state index is 0.0110. The van der Waals surface area contributed by atoms with E-state index in [-0.39, 0.29) is 22.4 Å². The molecule has 0 heterocycles. The fraction of sp³-hybridized carbons (Fsp3) is 0.944. The maximum Gasteiger partial charge on any atom is 0.306 e. The highest BCUT2D eigenvalue weighted by atomic mass is 16.6. The fourth-order valence-electron chi connectivity index (χ4n) is 5.63. The molecule has 0 saturated heterocycles. The Hall–Kier alpha value is -0.530. The molecular formula is C18H30O2. The molecule has 2 nitrogen and oxygen atoms in total. The number of carbonyl (C=O) groups is 1. The first-order valence-corrected chi connectivity index (χ1v) is 8.33. The molecule has 0 aromatic carbocycles. The molecule has 0 spiro atoms. The molecule has 4 aliphatic carbocycles. The zero-order valence-electron chi connectivity index (χ0n) is 13.8. The number of ether oxygens (including phenoxy) is 1. The van der Waals surface area contributed by atoms with E-state index in [2.05, 4.69) is 34.6 Å². The molecule has 20 heavy (non-hydrogen) atoms. The molecule has 4 aliphatic rings. The second-order valence-electron chi connectivity index (χ2n) is 9.42.